The first kappa shape index (κ1) is 14.2. The van der Waals surface area contributed by atoms with Crippen molar-refractivity contribution in [1.29, 1.82) is 0 Å². The molecule has 3 rings (SSSR count). The van der Waals surface area contributed by atoms with Crippen LogP contribution in [0.25, 0.3) is 15.2 Å². The number of carboxylic acid groups (broad SMARTS) is 1. The lowest BCUT2D eigenvalue weighted by molar-refractivity contribution is -0.140. The number of aromatic amines is 1. The van der Waals surface area contributed by atoms with E-state index in [0.29, 0.717) is 20.0 Å². The van der Waals surface area contributed by atoms with E-state index >= 15 is 0 Å². The average Bonchev–Trinajstić information content (AvgIpc) is 3.06. The van der Waals surface area contributed by atoms with Crippen molar-refractivity contribution in [2.75, 3.05) is 0 Å². The summed E-state index contributed by atoms with van der Waals surface area (Å²) >= 11 is 1.16. The fourth-order valence-electron chi connectivity index (χ4n) is 2.19. The quantitative estimate of drug-likeness (QED) is 0.714. The van der Waals surface area contributed by atoms with Gasteiger partial charge in [-0.1, -0.05) is 11.3 Å². The number of nitrogens with one attached hydrogen (secondary N) is 1. The molecule has 0 aliphatic rings. The van der Waals surface area contributed by atoms with Crippen molar-refractivity contribution >= 4 is 27.5 Å². The lowest BCUT2D eigenvalue weighted by Crippen LogP contribution is -2.39. The maximum Gasteiger partial charge on any atom is 0.330 e. The monoisotopic (exact) mass is 321 g/mol. The highest BCUT2D eigenvalue weighted by Crippen LogP contribution is 2.28. The zero-order valence-corrected chi connectivity index (χ0v) is 12.4. The molecule has 0 saturated heterocycles. The van der Waals surface area contributed by atoms with Gasteiger partial charge in [0, 0.05) is 5.56 Å². The Labute approximate surface area is 126 Å². The molecule has 0 aliphatic heterocycles. The molecule has 22 heavy (non-hydrogen) atoms. The van der Waals surface area contributed by atoms with Crippen LogP contribution in [0.1, 0.15) is 18.5 Å². The number of aromatic nitrogens is 5. The average molecular weight is 321 g/mol. The van der Waals surface area contributed by atoms with E-state index in [9.17, 15) is 14.4 Å². The van der Waals surface area contributed by atoms with Gasteiger partial charge in [0.25, 0.3) is 5.56 Å². The Morgan fingerprint density at radius 2 is 2.00 bits per heavy atom. The first-order valence-corrected chi connectivity index (χ1v) is 7.11. The van der Waals surface area contributed by atoms with Crippen LogP contribution in [0.2, 0.25) is 0 Å². The SMILES string of the molecule is Cc1c(-n2nccn2)sc2[nH]c(=O)n([C@@H](C)C(=O)O)c(=O)c12. The molecule has 10 heteroatoms. The third kappa shape index (κ3) is 1.96. The van der Waals surface area contributed by atoms with Gasteiger partial charge in [0.1, 0.15) is 15.9 Å². The molecule has 0 bridgehead atoms. The maximum absolute atomic E-state index is 12.5. The van der Waals surface area contributed by atoms with E-state index in [1.807, 2.05) is 0 Å². The second-order valence-corrected chi connectivity index (χ2v) is 5.67. The number of aryl methyl sites for hydroxylation is 1. The van der Waals surface area contributed by atoms with Crippen LogP contribution in [0, 0.1) is 6.92 Å². The predicted molar refractivity (Wildman–Crippen MR) is 78.7 cm³/mol. The van der Waals surface area contributed by atoms with E-state index in [0.717, 1.165) is 11.3 Å². The smallest absolute Gasteiger partial charge is 0.330 e. The van der Waals surface area contributed by atoms with Gasteiger partial charge in [-0.15, -0.1) is 4.80 Å². The number of hydrogen-bond acceptors (Lipinski definition) is 6. The minimum absolute atomic E-state index is 0.269. The van der Waals surface area contributed by atoms with Crippen molar-refractivity contribution in [2.45, 2.75) is 19.9 Å². The Kier molecular flexibility index (Phi) is 3.17. The summed E-state index contributed by atoms with van der Waals surface area (Å²) in [4.78, 5) is 39.9. The molecule has 3 aromatic rings. The molecule has 114 valence electrons. The number of fused-ring (bicyclic) bond motifs is 1. The highest BCUT2D eigenvalue weighted by atomic mass is 32.1. The molecule has 0 unspecified atom stereocenters. The molecule has 2 N–H and O–H groups in total. The first-order valence-electron chi connectivity index (χ1n) is 6.29. The fraction of sp³-hybridized carbons (Fsp3) is 0.250. The molecule has 0 spiro atoms. The topological polar surface area (TPSA) is 123 Å². The van der Waals surface area contributed by atoms with Crippen LogP contribution < -0.4 is 11.2 Å². The van der Waals surface area contributed by atoms with Crippen molar-refractivity contribution in [1.82, 2.24) is 24.5 Å². The minimum Gasteiger partial charge on any atom is -0.480 e. The van der Waals surface area contributed by atoms with Gasteiger partial charge in [-0.05, 0) is 13.8 Å². The zero-order chi connectivity index (χ0) is 16.0. The van der Waals surface area contributed by atoms with Crippen LogP contribution in [0.15, 0.2) is 22.0 Å². The number of carbonyl (C=O) groups is 1. The molecule has 0 fully saturated rings. The number of H-pyrrole nitrogens is 1. The molecule has 0 saturated carbocycles. The number of carboxylic acids is 1. The summed E-state index contributed by atoms with van der Waals surface area (Å²) in [5.41, 5.74) is -0.807. The predicted octanol–water partition coefficient (Wildman–Crippen LogP) is 0.286. The molecular formula is C12H11N5O4S. The van der Waals surface area contributed by atoms with Crippen LogP contribution >= 0.6 is 11.3 Å². The highest BCUT2D eigenvalue weighted by molar-refractivity contribution is 7.21. The summed E-state index contributed by atoms with van der Waals surface area (Å²) in [5.74, 6) is -1.26. The van der Waals surface area contributed by atoms with Crippen LogP contribution in [-0.2, 0) is 4.79 Å². The lowest BCUT2D eigenvalue weighted by Gasteiger charge is -2.08. The number of hydrogen-bond donors (Lipinski definition) is 2. The van der Waals surface area contributed by atoms with Gasteiger partial charge in [-0.2, -0.15) is 10.2 Å². The summed E-state index contributed by atoms with van der Waals surface area (Å²) in [6.45, 7) is 2.98. The van der Waals surface area contributed by atoms with Crippen molar-refractivity contribution in [3.05, 3.63) is 38.8 Å². The zero-order valence-electron chi connectivity index (χ0n) is 11.6. The second kappa shape index (κ2) is 4.91. The van der Waals surface area contributed by atoms with Crippen molar-refractivity contribution in [2.24, 2.45) is 0 Å². The molecule has 0 radical (unpaired) electrons. The van der Waals surface area contributed by atoms with Crippen LogP contribution in [0.3, 0.4) is 0 Å². The van der Waals surface area contributed by atoms with Gasteiger partial charge in [0.2, 0.25) is 0 Å². The Morgan fingerprint density at radius 1 is 1.36 bits per heavy atom. The van der Waals surface area contributed by atoms with E-state index in [-0.39, 0.29) is 5.39 Å². The third-order valence-electron chi connectivity index (χ3n) is 3.34. The van der Waals surface area contributed by atoms with Gasteiger partial charge in [0.15, 0.2) is 0 Å². The van der Waals surface area contributed by atoms with Crippen LogP contribution in [0.4, 0.5) is 0 Å². The van der Waals surface area contributed by atoms with Gasteiger partial charge in [-0.3, -0.25) is 9.78 Å². The Bertz CT molecular complexity index is 982. The van der Waals surface area contributed by atoms with Gasteiger partial charge in [0.05, 0.1) is 17.8 Å². The number of rotatable bonds is 3. The molecule has 9 nitrogen and oxygen atoms in total. The lowest BCUT2D eigenvalue weighted by atomic mass is 10.2. The van der Waals surface area contributed by atoms with Gasteiger partial charge < -0.3 is 5.11 Å². The third-order valence-corrected chi connectivity index (χ3v) is 4.51. The van der Waals surface area contributed by atoms with E-state index in [2.05, 4.69) is 15.2 Å². The summed E-state index contributed by atoms with van der Waals surface area (Å²) in [5, 5.41) is 17.9. The molecule has 3 aromatic heterocycles. The van der Waals surface area contributed by atoms with Crippen molar-refractivity contribution in [3.8, 4) is 5.00 Å². The van der Waals surface area contributed by atoms with E-state index in [1.54, 1.807) is 6.92 Å². The summed E-state index contributed by atoms with van der Waals surface area (Å²) < 4.78 is 0.699. The molecule has 1 atom stereocenters. The van der Waals surface area contributed by atoms with E-state index in [1.165, 1.54) is 24.1 Å². The van der Waals surface area contributed by atoms with E-state index < -0.39 is 23.3 Å². The van der Waals surface area contributed by atoms with E-state index in [4.69, 9.17) is 5.11 Å². The van der Waals surface area contributed by atoms with Gasteiger partial charge >= 0.3 is 11.7 Å². The highest BCUT2D eigenvalue weighted by Gasteiger charge is 2.23. The molecule has 0 amide bonds. The number of thiophene rings is 1. The van der Waals surface area contributed by atoms with Crippen LogP contribution in [0.5, 0.6) is 0 Å². The molecule has 0 aliphatic carbocycles. The standard InChI is InChI=1S/C12H11N5O4S/c1-5-7-8(22-10(5)17-13-3-4-14-17)15-12(21)16(9(7)18)6(2)11(19)20/h3-4,6H,1-2H3,(H,15,21)(H,19,20)/t6-/m0/s1. The first-order chi connectivity index (χ1) is 10.4. The number of nitrogens with zero attached hydrogens (tertiary/aromatic N) is 4. The Hall–Kier alpha value is -2.75. The molecule has 0 aromatic carbocycles. The Balaban J connectivity index is 2.37. The maximum atomic E-state index is 12.5. The molecular weight excluding hydrogens is 310 g/mol. The van der Waals surface area contributed by atoms with Gasteiger partial charge in [-0.25, -0.2) is 14.2 Å². The van der Waals surface area contributed by atoms with Crippen molar-refractivity contribution in [3.63, 3.8) is 0 Å². The fourth-order valence-corrected chi connectivity index (χ4v) is 3.30. The summed E-state index contributed by atoms with van der Waals surface area (Å²) in [7, 11) is 0. The number of aliphatic carboxylic acids is 1. The minimum atomic E-state index is -1.26. The Morgan fingerprint density at radius 3 is 2.59 bits per heavy atom. The normalized spacial score (nSPS) is 12.6. The summed E-state index contributed by atoms with van der Waals surface area (Å²) in [6.07, 6.45) is 2.99. The van der Waals surface area contributed by atoms with Crippen LogP contribution in [-0.4, -0.2) is 35.6 Å². The molecule has 3 heterocycles. The summed E-state index contributed by atoms with van der Waals surface area (Å²) in [6, 6.07) is -1.26. The largest absolute Gasteiger partial charge is 0.480 e. The van der Waals surface area contributed by atoms with Crippen molar-refractivity contribution < 1.29 is 9.90 Å². The second-order valence-electron chi connectivity index (χ2n) is 4.67.